The van der Waals surface area contributed by atoms with Gasteiger partial charge in [0.15, 0.2) is 0 Å². The van der Waals surface area contributed by atoms with Crippen molar-refractivity contribution in [3.8, 4) is 0 Å². The lowest BCUT2D eigenvalue weighted by atomic mass is 10.2. The summed E-state index contributed by atoms with van der Waals surface area (Å²) in [7, 11) is -4.39. The van der Waals surface area contributed by atoms with E-state index in [4.69, 9.17) is 4.55 Å². The van der Waals surface area contributed by atoms with Crippen LogP contribution >= 0.6 is 0 Å². The Kier molecular flexibility index (Phi) is 2.93. The second kappa shape index (κ2) is 3.72. The summed E-state index contributed by atoms with van der Waals surface area (Å²) in [5.41, 5.74) is 0.506. The van der Waals surface area contributed by atoms with Crippen LogP contribution in [0.1, 0.15) is 7.43 Å². The second-order valence-corrected chi connectivity index (χ2v) is 4.30. The lowest BCUT2D eigenvalue weighted by molar-refractivity contribution is -0.0344. The van der Waals surface area contributed by atoms with Crippen molar-refractivity contribution in [3.05, 3.63) is 11.8 Å². The molecule has 2 heterocycles. The normalized spacial score (nSPS) is 24.1. The molecule has 15 heavy (non-hydrogen) atoms. The molecule has 2 aliphatic rings. The fourth-order valence-electron chi connectivity index (χ4n) is 1.35. The van der Waals surface area contributed by atoms with Gasteiger partial charge in [-0.05, 0) is 0 Å². The Balaban J connectivity index is 0.00000112. The van der Waals surface area contributed by atoms with E-state index in [9.17, 15) is 13.6 Å². The summed E-state index contributed by atoms with van der Waals surface area (Å²) in [4.78, 5) is 7.58. The average molecular weight is 233 g/mol. The molecule has 1 unspecified atom stereocenters. The largest absolute Gasteiger partial charge is 0.294 e. The molecule has 2 aliphatic heterocycles. The molecular weight excluding hydrogens is 222 g/mol. The van der Waals surface area contributed by atoms with Crippen LogP contribution in [-0.4, -0.2) is 47.2 Å². The van der Waals surface area contributed by atoms with E-state index in [1.807, 2.05) is 0 Å². The van der Waals surface area contributed by atoms with Crippen LogP contribution in [0, 0.1) is 0 Å². The third-order valence-corrected chi connectivity index (χ3v) is 2.88. The third-order valence-electron chi connectivity index (χ3n) is 1.88. The highest BCUT2D eigenvalue weighted by Gasteiger charge is 2.40. The zero-order chi connectivity index (χ0) is 10.3. The Bertz CT molecular complexity index is 451. The van der Waals surface area contributed by atoms with Gasteiger partial charge in [0.25, 0.3) is 10.1 Å². The van der Waals surface area contributed by atoms with E-state index in [0.29, 0.717) is 10.6 Å². The summed E-state index contributed by atoms with van der Waals surface area (Å²) in [5.74, 6) is 0. The molecule has 0 amide bonds. The van der Waals surface area contributed by atoms with Crippen molar-refractivity contribution in [3.63, 3.8) is 0 Å². The van der Waals surface area contributed by atoms with Crippen LogP contribution in [0.4, 0.5) is 0 Å². The molecule has 2 N–H and O–H groups in total. The molecule has 0 bridgehead atoms. The first-order valence-corrected chi connectivity index (χ1v) is 5.20. The molecule has 0 aromatic rings. The van der Waals surface area contributed by atoms with E-state index in [-0.39, 0.29) is 19.8 Å². The van der Waals surface area contributed by atoms with Crippen molar-refractivity contribution < 1.29 is 18.2 Å². The first-order chi connectivity index (χ1) is 6.50. The van der Waals surface area contributed by atoms with Gasteiger partial charge in [0.2, 0.25) is 5.37 Å². The summed E-state index contributed by atoms with van der Waals surface area (Å²) in [6.07, 6.45) is 2.55. The fraction of sp³-hybridized carbons (Fsp3) is 0.429. The Morgan fingerprint density at radius 2 is 2.20 bits per heavy atom. The highest BCUT2D eigenvalue weighted by Crippen LogP contribution is 2.21. The van der Waals surface area contributed by atoms with Crippen molar-refractivity contribution in [2.45, 2.75) is 12.8 Å². The highest BCUT2D eigenvalue weighted by molar-refractivity contribution is 7.87. The smallest absolute Gasteiger partial charge is 0.287 e. The van der Waals surface area contributed by atoms with Gasteiger partial charge in [-0.1, -0.05) is 7.43 Å². The van der Waals surface area contributed by atoms with Crippen LogP contribution in [0.3, 0.4) is 0 Å². The second-order valence-electron chi connectivity index (χ2n) is 2.83. The van der Waals surface area contributed by atoms with Gasteiger partial charge in [-0.25, -0.2) is 5.06 Å². The predicted octanol–water partition coefficient (Wildman–Crippen LogP) is -0.0920. The number of hydrogen-bond acceptors (Lipinski definition) is 6. The van der Waals surface area contributed by atoms with Crippen LogP contribution in [0.2, 0.25) is 0 Å². The zero-order valence-electron chi connectivity index (χ0n) is 6.90. The molecule has 0 spiro atoms. The van der Waals surface area contributed by atoms with Crippen molar-refractivity contribution in [1.82, 2.24) is 5.06 Å². The lowest BCUT2D eigenvalue weighted by Gasteiger charge is -2.16. The minimum atomic E-state index is -4.39. The van der Waals surface area contributed by atoms with E-state index in [0.717, 1.165) is 6.20 Å². The lowest BCUT2D eigenvalue weighted by Crippen LogP contribution is -2.38. The van der Waals surface area contributed by atoms with Gasteiger partial charge in [-0.2, -0.15) is 8.42 Å². The Hall–Kier alpha value is -1.25. The SMILES string of the molecule is C.O=S(=O)(O)C1C2=NCN=CC2=CN1O. The van der Waals surface area contributed by atoms with Crippen LogP contribution in [0.25, 0.3) is 0 Å². The molecule has 0 aromatic carbocycles. The van der Waals surface area contributed by atoms with E-state index in [2.05, 4.69) is 9.98 Å². The van der Waals surface area contributed by atoms with Crippen molar-refractivity contribution in [2.75, 3.05) is 6.67 Å². The molecule has 8 heteroatoms. The third kappa shape index (κ3) is 1.91. The molecule has 1 atom stereocenters. The fourth-order valence-corrected chi connectivity index (χ4v) is 2.17. The first-order valence-electron chi connectivity index (χ1n) is 3.70. The first kappa shape index (κ1) is 11.8. The zero-order valence-corrected chi connectivity index (χ0v) is 7.72. The summed E-state index contributed by atoms with van der Waals surface area (Å²) >= 11 is 0. The number of nitrogens with zero attached hydrogens (tertiary/aromatic N) is 3. The average Bonchev–Trinajstić information content (AvgIpc) is 2.38. The summed E-state index contributed by atoms with van der Waals surface area (Å²) in [5, 5.41) is 8.11. The van der Waals surface area contributed by atoms with Crippen molar-refractivity contribution in [2.24, 2.45) is 9.98 Å². The number of aliphatic imine (C=N–C) groups is 2. The predicted molar refractivity (Wildman–Crippen MR) is 54.6 cm³/mol. The van der Waals surface area contributed by atoms with E-state index < -0.39 is 15.5 Å². The number of rotatable bonds is 1. The van der Waals surface area contributed by atoms with Crippen LogP contribution in [0.15, 0.2) is 21.8 Å². The van der Waals surface area contributed by atoms with Gasteiger partial charge in [-0.15, -0.1) is 0 Å². The van der Waals surface area contributed by atoms with Gasteiger partial charge >= 0.3 is 0 Å². The molecule has 84 valence electrons. The molecule has 0 saturated carbocycles. The molecule has 7 nitrogen and oxygen atoms in total. The minimum Gasteiger partial charge on any atom is -0.287 e. The number of hydrogen-bond donors (Lipinski definition) is 2. The minimum absolute atomic E-state index is 0. The van der Waals surface area contributed by atoms with Crippen LogP contribution in [-0.2, 0) is 10.1 Å². The molecule has 0 saturated heterocycles. The highest BCUT2D eigenvalue weighted by atomic mass is 32.2. The molecule has 2 rings (SSSR count). The van der Waals surface area contributed by atoms with Crippen LogP contribution in [0.5, 0.6) is 0 Å². The molecular formula is C7H11N3O4S. The molecule has 0 aliphatic carbocycles. The number of hydroxylamine groups is 2. The number of fused-ring (bicyclic) bond motifs is 1. The summed E-state index contributed by atoms with van der Waals surface area (Å²) in [6, 6.07) is 0. The monoisotopic (exact) mass is 233 g/mol. The van der Waals surface area contributed by atoms with E-state index >= 15 is 0 Å². The summed E-state index contributed by atoms with van der Waals surface area (Å²) < 4.78 is 30.6. The molecule has 0 radical (unpaired) electrons. The quantitative estimate of drug-likeness (QED) is 0.616. The van der Waals surface area contributed by atoms with Crippen molar-refractivity contribution in [1.29, 1.82) is 0 Å². The molecule has 0 fully saturated rings. The maximum atomic E-state index is 10.9. The van der Waals surface area contributed by atoms with Gasteiger partial charge in [-0.3, -0.25) is 19.7 Å². The van der Waals surface area contributed by atoms with Crippen molar-refractivity contribution >= 4 is 22.0 Å². The molecule has 0 aromatic heterocycles. The van der Waals surface area contributed by atoms with Gasteiger partial charge in [0, 0.05) is 18.0 Å². The van der Waals surface area contributed by atoms with Gasteiger partial charge < -0.3 is 0 Å². The summed E-state index contributed by atoms with van der Waals surface area (Å²) in [6.45, 7) is 0.104. The Morgan fingerprint density at radius 1 is 1.53 bits per heavy atom. The maximum absolute atomic E-state index is 10.9. The Labute approximate surface area is 87.2 Å². The van der Waals surface area contributed by atoms with E-state index in [1.165, 1.54) is 6.21 Å². The van der Waals surface area contributed by atoms with Crippen LogP contribution < -0.4 is 0 Å². The van der Waals surface area contributed by atoms with Gasteiger partial charge in [0.1, 0.15) is 6.67 Å². The topological polar surface area (TPSA) is 103 Å². The standard InChI is InChI=1S/C6H7N3O4S.CH4/c10-9-2-4-1-7-3-8-5(4)6(9)14(11,12)13;/h1-2,6,10H,3H2,(H,11,12,13);1H4. The Morgan fingerprint density at radius 3 is 2.80 bits per heavy atom. The van der Waals surface area contributed by atoms with Gasteiger partial charge in [0.05, 0.1) is 5.71 Å². The maximum Gasteiger partial charge on any atom is 0.294 e. The van der Waals surface area contributed by atoms with E-state index in [1.54, 1.807) is 0 Å².